The maximum Gasteiger partial charge on any atom is 0.241 e. The number of nitrogens with two attached hydrogens (primary N) is 1. The third-order valence-electron chi connectivity index (χ3n) is 1.82. The van der Waals surface area contributed by atoms with Crippen molar-refractivity contribution in [1.29, 1.82) is 0 Å². The van der Waals surface area contributed by atoms with Crippen LogP contribution in [0.15, 0.2) is 18.2 Å². The van der Waals surface area contributed by atoms with Crippen molar-refractivity contribution in [2.45, 2.75) is 19.9 Å². The van der Waals surface area contributed by atoms with Gasteiger partial charge in [-0.2, -0.15) is 0 Å². The Morgan fingerprint density at radius 1 is 1.57 bits per heavy atom. The lowest BCUT2D eigenvalue weighted by atomic mass is 10.2. The van der Waals surface area contributed by atoms with Crippen molar-refractivity contribution < 1.29 is 9.90 Å². The zero-order valence-corrected chi connectivity index (χ0v) is 8.24. The van der Waals surface area contributed by atoms with Crippen molar-refractivity contribution >= 4 is 11.6 Å². The fourth-order valence-corrected chi connectivity index (χ4v) is 0.997. The molecule has 4 nitrogen and oxygen atoms in total. The van der Waals surface area contributed by atoms with Gasteiger partial charge in [-0.25, -0.2) is 0 Å². The second kappa shape index (κ2) is 4.11. The van der Waals surface area contributed by atoms with E-state index in [0.717, 1.165) is 5.56 Å². The van der Waals surface area contributed by atoms with Crippen molar-refractivity contribution in [3.8, 4) is 5.75 Å². The summed E-state index contributed by atoms with van der Waals surface area (Å²) < 4.78 is 0. The van der Waals surface area contributed by atoms with Gasteiger partial charge in [0.05, 0.1) is 11.7 Å². The smallest absolute Gasteiger partial charge is 0.241 e. The number of hydrogen-bond donors (Lipinski definition) is 3. The van der Waals surface area contributed by atoms with Crippen molar-refractivity contribution in [2.75, 3.05) is 5.32 Å². The van der Waals surface area contributed by atoms with Gasteiger partial charge in [0.2, 0.25) is 5.91 Å². The van der Waals surface area contributed by atoms with Crippen molar-refractivity contribution in [2.24, 2.45) is 5.73 Å². The van der Waals surface area contributed by atoms with Gasteiger partial charge in [0.1, 0.15) is 5.75 Å². The second-order valence-corrected chi connectivity index (χ2v) is 3.30. The Hall–Kier alpha value is -1.55. The van der Waals surface area contributed by atoms with Crippen molar-refractivity contribution in [1.82, 2.24) is 0 Å². The molecule has 0 saturated heterocycles. The Kier molecular flexibility index (Phi) is 3.09. The highest BCUT2D eigenvalue weighted by Crippen LogP contribution is 2.23. The van der Waals surface area contributed by atoms with E-state index in [1.807, 2.05) is 6.92 Å². The summed E-state index contributed by atoms with van der Waals surface area (Å²) in [6, 6.07) is 4.40. The molecule has 0 saturated carbocycles. The number of benzene rings is 1. The van der Waals surface area contributed by atoms with Gasteiger partial charge in [0.15, 0.2) is 0 Å². The van der Waals surface area contributed by atoms with Crippen LogP contribution in [0.5, 0.6) is 5.75 Å². The first kappa shape index (κ1) is 10.5. The summed E-state index contributed by atoms with van der Waals surface area (Å²) in [7, 11) is 0. The SMILES string of the molecule is Cc1ccc(O)c(NC(=O)[C@H](C)N)c1. The molecular formula is C10H14N2O2. The van der Waals surface area contributed by atoms with Crippen LogP contribution in [0, 0.1) is 6.92 Å². The Morgan fingerprint density at radius 2 is 2.21 bits per heavy atom. The molecule has 1 atom stereocenters. The fourth-order valence-electron chi connectivity index (χ4n) is 0.997. The fraction of sp³-hybridized carbons (Fsp3) is 0.300. The van der Waals surface area contributed by atoms with E-state index in [2.05, 4.69) is 5.32 Å². The lowest BCUT2D eigenvalue weighted by Gasteiger charge is -2.09. The third-order valence-corrected chi connectivity index (χ3v) is 1.82. The van der Waals surface area contributed by atoms with E-state index in [-0.39, 0.29) is 11.7 Å². The molecule has 0 aliphatic rings. The molecule has 0 bridgehead atoms. The molecule has 1 aromatic rings. The largest absolute Gasteiger partial charge is 0.506 e. The number of carbonyl (C=O) groups is 1. The van der Waals surface area contributed by atoms with Gasteiger partial charge in [-0.3, -0.25) is 4.79 Å². The number of carbonyl (C=O) groups excluding carboxylic acids is 1. The maximum absolute atomic E-state index is 11.2. The molecular weight excluding hydrogens is 180 g/mol. The highest BCUT2D eigenvalue weighted by Gasteiger charge is 2.09. The summed E-state index contributed by atoms with van der Waals surface area (Å²) in [6.07, 6.45) is 0. The van der Waals surface area contributed by atoms with E-state index >= 15 is 0 Å². The van der Waals surface area contributed by atoms with Gasteiger partial charge in [-0.05, 0) is 31.5 Å². The summed E-state index contributed by atoms with van der Waals surface area (Å²) in [5, 5.41) is 11.9. The molecule has 14 heavy (non-hydrogen) atoms. The minimum absolute atomic E-state index is 0.0459. The van der Waals surface area contributed by atoms with E-state index in [0.29, 0.717) is 5.69 Å². The molecule has 0 fully saturated rings. The lowest BCUT2D eigenvalue weighted by Crippen LogP contribution is -2.32. The molecule has 4 N–H and O–H groups in total. The highest BCUT2D eigenvalue weighted by molar-refractivity contribution is 5.95. The van der Waals surface area contributed by atoms with E-state index in [1.165, 1.54) is 6.07 Å². The summed E-state index contributed by atoms with van der Waals surface area (Å²) in [5.41, 5.74) is 6.73. The van der Waals surface area contributed by atoms with Gasteiger partial charge >= 0.3 is 0 Å². The monoisotopic (exact) mass is 194 g/mol. The minimum atomic E-state index is -0.588. The van der Waals surface area contributed by atoms with Gasteiger partial charge in [-0.1, -0.05) is 6.07 Å². The average molecular weight is 194 g/mol. The molecule has 1 rings (SSSR count). The van der Waals surface area contributed by atoms with E-state index in [4.69, 9.17) is 5.73 Å². The van der Waals surface area contributed by atoms with Crippen molar-refractivity contribution in [3.63, 3.8) is 0 Å². The first-order valence-electron chi connectivity index (χ1n) is 4.37. The number of nitrogens with one attached hydrogen (secondary N) is 1. The molecule has 0 heterocycles. The number of hydrogen-bond acceptors (Lipinski definition) is 3. The molecule has 0 aromatic heterocycles. The van der Waals surface area contributed by atoms with Crippen LogP contribution in [0.1, 0.15) is 12.5 Å². The Bertz CT molecular complexity index is 348. The number of anilines is 1. The summed E-state index contributed by atoms with van der Waals surface area (Å²) in [5.74, 6) is -0.268. The van der Waals surface area contributed by atoms with Crippen LogP contribution < -0.4 is 11.1 Å². The highest BCUT2D eigenvalue weighted by atomic mass is 16.3. The number of phenolic OH excluding ortho intramolecular Hbond substituents is 1. The standard InChI is InChI=1S/C10H14N2O2/c1-6-3-4-9(13)8(5-6)12-10(14)7(2)11/h3-5,7,13H,11H2,1-2H3,(H,12,14)/t7-/m0/s1. The third kappa shape index (κ3) is 2.47. The second-order valence-electron chi connectivity index (χ2n) is 3.30. The quantitative estimate of drug-likeness (QED) is 0.614. The Morgan fingerprint density at radius 3 is 2.79 bits per heavy atom. The molecule has 1 amide bonds. The van der Waals surface area contributed by atoms with Gasteiger partial charge in [-0.15, -0.1) is 0 Å². The summed E-state index contributed by atoms with van der Waals surface area (Å²) in [4.78, 5) is 11.2. The van der Waals surface area contributed by atoms with E-state index in [9.17, 15) is 9.90 Å². The van der Waals surface area contributed by atoms with E-state index in [1.54, 1.807) is 19.1 Å². The number of aryl methyl sites for hydroxylation is 1. The molecule has 0 spiro atoms. The molecule has 76 valence electrons. The van der Waals surface area contributed by atoms with Crippen LogP contribution in [0.4, 0.5) is 5.69 Å². The van der Waals surface area contributed by atoms with Crippen LogP contribution in [-0.4, -0.2) is 17.1 Å². The first-order valence-corrected chi connectivity index (χ1v) is 4.37. The van der Waals surface area contributed by atoms with Gasteiger partial charge in [0, 0.05) is 0 Å². The maximum atomic E-state index is 11.2. The normalized spacial score (nSPS) is 12.2. The molecule has 0 aliphatic heterocycles. The number of rotatable bonds is 2. The number of phenols is 1. The van der Waals surface area contributed by atoms with Crippen LogP contribution in [0.3, 0.4) is 0 Å². The summed E-state index contributed by atoms with van der Waals surface area (Å²) in [6.45, 7) is 3.46. The average Bonchev–Trinajstić information content (AvgIpc) is 2.11. The molecule has 0 aliphatic carbocycles. The predicted molar refractivity (Wildman–Crippen MR) is 55.1 cm³/mol. The Labute approximate surface area is 82.7 Å². The number of amides is 1. The number of aromatic hydroxyl groups is 1. The first-order chi connectivity index (χ1) is 6.50. The predicted octanol–water partition coefficient (Wildman–Crippen LogP) is 0.986. The van der Waals surface area contributed by atoms with Crippen LogP contribution in [0.2, 0.25) is 0 Å². The van der Waals surface area contributed by atoms with Crippen LogP contribution in [0.25, 0.3) is 0 Å². The van der Waals surface area contributed by atoms with Crippen LogP contribution >= 0.6 is 0 Å². The zero-order chi connectivity index (χ0) is 10.7. The van der Waals surface area contributed by atoms with Crippen molar-refractivity contribution in [3.05, 3.63) is 23.8 Å². The lowest BCUT2D eigenvalue weighted by molar-refractivity contribution is -0.117. The molecule has 1 aromatic carbocycles. The molecule has 0 unspecified atom stereocenters. The summed E-state index contributed by atoms with van der Waals surface area (Å²) >= 11 is 0. The molecule has 4 heteroatoms. The Balaban J connectivity index is 2.86. The van der Waals surface area contributed by atoms with Gasteiger partial charge in [0.25, 0.3) is 0 Å². The van der Waals surface area contributed by atoms with Gasteiger partial charge < -0.3 is 16.2 Å². The topological polar surface area (TPSA) is 75.3 Å². The minimum Gasteiger partial charge on any atom is -0.506 e. The zero-order valence-electron chi connectivity index (χ0n) is 8.24. The van der Waals surface area contributed by atoms with E-state index < -0.39 is 6.04 Å². The van der Waals surface area contributed by atoms with Crippen LogP contribution in [-0.2, 0) is 4.79 Å². The molecule has 0 radical (unpaired) electrons.